The van der Waals surface area contributed by atoms with Crippen LogP contribution in [0.1, 0.15) is 26.0 Å². The van der Waals surface area contributed by atoms with Crippen molar-refractivity contribution in [2.24, 2.45) is 11.8 Å². The molecule has 3 heterocycles. The summed E-state index contributed by atoms with van der Waals surface area (Å²) in [6.07, 6.45) is 1.62. The third-order valence-corrected chi connectivity index (χ3v) is 5.43. The van der Waals surface area contributed by atoms with E-state index in [1.165, 1.54) is 6.26 Å². The predicted octanol–water partition coefficient (Wildman–Crippen LogP) is 1.82. The van der Waals surface area contributed by atoms with Crippen LogP contribution in [0.2, 0.25) is 0 Å². The van der Waals surface area contributed by atoms with Gasteiger partial charge in [0, 0.05) is 24.7 Å². The maximum atomic E-state index is 12.9. The highest BCUT2D eigenvalue weighted by atomic mass is 16.7. The lowest BCUT2D eigenvalue weighted by molar-refractivity contribution is -0.132. The number of amides is 3. The zero-order valence-corrected chi connectivity index (χ0v) is 17.4. The summed E-state index contributed by atoms with van der Waals surface area (Å²) in [4.78, 5) is 39.6. The third-order valence-electron chi connectivity index (χ3n) is 5.43. The van der Waals surface area contributed by atoms with Crippen LogP contribution in [0, 0.1) is 11.8 Å². The molecule has 1 aromatic heterocycles. The lowest BCUT2D eigenvalue weighted by Crippen LogP contribution is -2.51. The number of fused-ring (bicyclic) bond motifs is 1. The molecule has 1 saturated heterocycles. The Morgan fingerprint density at radius 2 is 2.00 bits per heavy atom. The summed E-state index contributed by atoms with van der Waals surface area (Å²) in [5, 5.41) is 5.60. The van der Waals surface area contributed by atoms with Crippen molar-refractivity contribution in [3.05, 3.63) is 42.4 Å². The number of furan rings is 1. The Morgan fingerprint density at radius 1 is 1.19 bits per heavy atom. The van der Waals surface area contributed by atoms with Crippen LogP contribution >= 0.6 is 0 Å². The van der Waals surface area contributed by atoms with Crippen LogP contribution in [0.15, 0.2) is 41.0 Å². The zero-order valence-electron chi connectivity index (χ0n) is 17.4. The minimum atomic E-state index is -0.711. The highest BCUT2D eigenvalue weighted by Gasteiger charge is 2.37. The van der Waals surface area contributed by atoms with Crippen molar-refractivity contribution in [3.8, 4) is 11.5 Å². The molecule has 3 amide bonds. The summed E-state index contributed by atoms with van der Waals surface area (Å²) in [5.74, 6) is 0.404. The molecule has 0 aliphatic carbocycles. The van der Waals surface area contributed by atoms with E-state index in [9.17, 15) is 14.4 Å². The summed E-state index contributed by atoms with van der Waals surface area (Å²) in [6, 6.07) is 8.04. The van der Waals surface area contributed by atoms with E-state index >= 15 is 0 Å². The van der Waals surface area contributed by atoms with E-state index in [0.717, 1.165) is 0 Å². The van der Waals surface area contributed by atoms with Crippen molar-refractivity contribution < 1.29 is 28.3 Å². The average molecular weight is 427 g/mol. The quantitative estimate of drug-likeness (QED) is 0.698. The number of carbonyl (C=O) groups is 3. The van der Waals surface area contributed by atoms with E-state index in [4.69, 9.17) is 13.9 Å². The van der Waals surface area contributed by atoms with Gasteiger partial charge in [0.1, 0.15) is 11.8 Å². The van der Waals surface area contributed by atoms with Gasteiger partial charge in [0.15, 0.2) is 11.5 Å². The fourth-order valence-electron chi connectivity index (χ4n) is 3.69. The van der Waals surface area contributed by atoms with Crippen LogP contribution in [-0.4, -0.2) is 37.1 Å². The summed E-state index contributed by atoms with van der Waals surface area (Å²) >= 11 is 0. The van der Waals surface area contributed by atoms with E-state index in [1.54, 1.807) is 35.2 Å². The molecule has 2 atom stereocenters. The lowest BCUT2D eigenvalue weighted by Gasteiger charge is -2.23. The largest absolute Gasteiger partial charge is 0.467 e. The average Bonchev–Trinajstić information content (AvgIpc) is 3.49. The van der Waals surface area contributed by atoms with E-state index in [2.05, 4.69) is 10.6 Å². The van der Waals surface area contributed by atoms with Gasteiger partial charge in [0.05, 0.1) is 18.7 Å². The SMILES string of the molecule is CC(C)[C@H](NC(=O)[C@H]1CC(=O)N(c2ccc3c(c2)OCO3)C1)C(=O)NCc1ccco1. The smallest absolute Gasteiger partial charge is 0.243 e. The molecule has 0 saturated carbocycles. The molecule has 0 unspecified atom stereocenters. The molecule has 9 heteroatoms. The standard InChI is InChI=1S/C22H25N3O6/c1-13(2)20(22(28)23-10-16-4-3-7-29-16)24-21(27)14-8-19(26)25(11-14)15-5-6-17-18(9-15)31-12-30-17/h3-7,9,13-14,20H,8,10-12H2,1-2H3,(H,23,28)(H,24,27)/t14-,20-/m0/s1. The minimum Gasteiger partial charge on any atom is -0.467 e. The minimum absolute atomic E-state index is 0.0824. The van der Waals surface area contributed by atoms with Crippen molar-refractivity contribution in [3.63, 3.8) is 0 Å². The Bertz CT molecular complexity index is 972. The fourth-order valence-corrected chi connectivity index (χ4v) is 3.69. The van der Waals surface area contributed by atoms with Gasteiger partial charge in [0.25, 0.3) is 0 Å². The molecule has 2 aromatic rings. The first kappa shape index (κ1) is 20.8. The molecule has 0 spiro atoms. The molecule has 9 nitrogen and oxygen atoms in total. The van der Waals surface area contributed by atoms with Crippen LogP contribution < -0.4 is 25.0 Å². The number of ether oxygens (including phenoxy) is 2. The van der Waals surface area contributed by atoms with Gasteiger partial charge in [-0.15, -0.1) is 0 Å². The van der Waals surface area contributed by atoms with Gasteiger partial charge in [-0.2, -0.15) is 0 Å². The molecule has 1 aromatic carbocycles. The topological polar surface area (TPSA) is 110 Å². The number of anilines is 1. The molecule has 0 bridgehead atoms. The number of nitrogens with zero attached hydrogens (tertiary/aromatic N) is 1. The van der Waals surface area contributed by atoms with Crippen LogP contribution in [-0.2, 0) is 20.9 Å². The Labute approximate surface area is 179 Å². The molecule has 2 N–H and O–H groups in total. The van der Waals surface area contributed by atoms with E-state index < -0.39 is 12.0 Å². The molecule has 0 radical (unpaired) electrons. The number of nitrogens with one attached hydrogen (secondary N) is 2. The lowest BCUT2D eigenvalue weighted by atomic mass is 10.0. The normalized spacial score (nSPS) is 18.4. The number of rotatable bonds is 7. The molecule has 164 valence electrons. The zero-order chi connectivity index (χ0) is 22.0. The number of hydrogen-bond donors (Lipinski definition) is 2. The number of hydrogen-bond acceptors (Lipinski definition) is 6. The van der Waals surface area contributed by atoms with Crippen molar-refractivity contribution in [1.82, 2.24) is 10.6 Å². The van der Waals surface area contributed by atoms with Crippen molar-refractivity contribution in [1.29, 1.82) is 0 Å². The maximum absolute atomic E-state index is 12.9. The number of carbonyl (C=O) groups excluding carboxylic acids is 3. The van der Waals surface area contributed by atoms with E-state index in [0.29, 0.717) is 22.9 Å². The second-order valence-electron chi connectivity index (χ2n) is 7.97. The van der Waals surface area contributed by atoms with Crippen LogP contribution in [0.25, 0.3) is 0 Å². The van der Waals surface area contributed by atoms with Gasteiger partial charge >= 0.3 is 0 Å². The third kappa shape index (κ3) is 4.50. The Kier molecular flexibility index (Phi) is 5.83. The van der Waals surface area contributed by atoms with Crippen LogP contribution in [0.5, 0.6) is 11.5 Å². The van der Waals surface area contributed by atoms with Crippen molar-refractivity contribution >= 4 is 23.4 Å². The molecule has 2 aliphatic rings. The van der Waals surface area contributed by atoms with Crippen LogP contribution in [0.4, 0.5) is 5.69 Å². The summed E-state index contributed by atoms with van der Waals surface area (Å²) in [6.45, 7) is 4.34. The Balaban J connectivity index is 1.37. The van der Waals surface area contributed by atoms with Gasteiger partial charge in [-0.1, -0.05) is 13.8 Å². The monoisotopic (exact) mass is 427 g/mol. The predicted molar refractivity (Wildman–Crippen MR) is 110 cm³/mol. The van der Waals surface area contributed by atoms with E-state index in [-0.39, 0.29) is 49.9 Å². The molecule has 4 rings (SSSR count). The number of benzene rings is 1. The summed E-state index contributed by atoms with van der Waals surface area (Å²) in [5.41, 5.74) is 0.654. The Hall–Kier alpha value is -3.49. The highest BCUT2D eigenvalue weighted by molar-refractivity contribution is 6.01. The fraction of sp³-hybridized carbons (Fsp3) is 0.409. The summed E-state index contributed by atoms with van der Waals surface area (Å²) < 4.78 is 15.9. The van der Waals surface area contributed by atoms with Gasteiger partial charge in [-0.05, 0) is 30.2 Å². The molecule has 2 aliphatic heterocycles. The van der Waals surface area contributed by atoms with Gasteiger partial charge in [-0.3, -0.25) is 14.4 Å². The van der Waals surface area contributed by atoms with Crippen LogP contribution in [0.3, 0.4) is 0 Å². The van der Waals surface area contributed by atoms with Crippen molar-refractivity contribution in [2.75, 3.05) is 18.2 Å². The first-order chi connectivity index (χ1) is 14.9. The van der Waals surface area contributed by atoms with Gasteiger partial charge < -0.3 is 29.4 Å². The maximum Gasteiger partial charge on any atom is 0.243 e. The van der Waals surface area contributed by atoms with Crippen molar-refractivity contribution in [2.45, 2.75) is 32.9 Å². The second-order valence-corrected chi connectivity index (χ2v) is 7.97. The Morgan fingerprint density at radius 3 is 2.74 bits per heavy atom. The van der Waals surface area contributed by atoms with Gasteiger partial charge in [-0.25, -0.2) is 0 Å². The first-order valence-corrected chi connectivity index (χ1v) is 10.2. The molecular weight excluding hydrogens is 402 g/mol. The molecular formula is C22H25N3O6. The first-order valence-electron chi connectivity index (χ1n) is 10.2. The molecule has 1 fully saturated rings. The summed E-state index contributed by atoms with van der Waals surface area (Å²) in [7, 11) is 0. The van der Waals surface area contributed by atoms with Gasteiger partial charge in [0.2, 0.25) is 24.5 Å². The molecule has 31 heavy (non-hydrogen) atoms. The second kappa shape index (κ2) is 8.71. The van der Waals surface area contributed by atoms with E-state index in [1.807, 2.05) is 13.8 Å². The highest BCUT2D eigenvalue weighted by Crippen LogP contribution is 2.37.